The number of rotatable bonds is 7. The number of amides is 1. The molecule has 2 aromatic heterocycles. The van der Waals surface area contributed by atoms with Crippen molar-refractivity contribution in [1.82, 2.24) is 20.0 Å². The zero-order chi connectivity index (χ0) is 21.8. The van der Waals surface area contributed by atoms with Crippen LogP contribution in [0, 0.1) is 0 Å². The van der Waals surface area contributed by atoms with Crippen molar-refractivity contribution in [2.45, 2.75) is 13.2 Å². The van der Waals surface area contributed by atoms with Crippen LogP contribution in [0.25, 0.3) is 11.3 Å². The molecule has 0 atom stereocenters. The summed E-state index contributed by atoms with van der Waals surface area (Å²) in [5, 5.41) is 14.4. The minimum absolute atomic E-state index is 0.0426. The van der Waals surface area contributed by atoms with E-state index in [4.69, 9.17) is 11.6 Å². The highest BCUT2D eigenvalue weighted by atomic mass is 35.5. The largest absolute Gasteiger partial charge is 0.435 e. The Morgan fingerprint density at radius 3 is 2.71 bits per heavy atom. The van der Waals surface area contributed by atoms with Gasteiger partial charge in [-0.05, 0) is 42.0 Å². The molecular formula is C21H16ClF2N5O2. The van der Waals surface area contributed by atoms with Gasteiger partial charge in [0.25, 0.3) is 5.91 Å². The lowest BCUT2D eigenvalue weighted by molar-refractivity contribution is -0.0498. The number of benzene rings is 2. The highest BCUT2D eigenvalue weighted by Crippen LogP contribution is 2.23. The van der Waals surface area contributed by atoms with Crippen LogP contribution in [0.5, 0.6) is 5.75 Å². The van der Waals surface area contributed by atoms with Gasteiger partial charge in [0.15, 0.2) is 0 Å². The third-order valence-electron chi connectivity index (χ3n) is 4.38. The number of alkyl halides is 2. The van der Waals surface area contributed by atoms with Gasteiger partial charge in [0.05, 0.1) is 24.1 Å². The molecule has 0 bridgehead atoms. The van der Waals surface area contributed by atoms with Crippen LogP contribution < -0.4 is 10.1 Å². The molecule has 1 amide bonds. The van der Waals surface area contributed by atoms with E-state index in [-0.39, 0.29) is 11.4 Å². The monoisotopic (exact) mass is 443 g/mol. The van der Waals surface area contributed by atoms with Gasteiger partial charge >= 0.3 is 6.61 Å². The first-order valence-corrected chi connectivity index (χ1v) is 9.53. The molecule has 0 aliphatic carbocycles. The number of anilines is 1. The van der Waals surface area contributed by atoms with Crippen molar-refractivity contribution in [2.75, 3.05) is 5.32 Å². The van der Waals surface area contributed by atoms with Crippen LogP contribution in [0.3, 0.4) is 0 Å². The van der Waals surface area contributed by atoms with E-state index < -0.39 is 12.5 Å². The van der Waals surface area contributed by atoms with Crippen LogP contribution in [-0.4, -0.2) is 32.5 Å². The smallest absolute Gasteiger partial charge is 0.387 e. The van der Waals surface area contributed by atoms with Crippen LogP contribution in [0.1, 0.15) is 16.1 Å². The second-order valence-electron chi connectivity index (χ2n) is 6.54. The number of ether oxygens (including phenoxy) is 1. The first-order chi connectivity index (χ1) is 15.0. The maximum Gasteiger partial charge on any atom is 0.387 e. The Kier molecular flexibility index (Phi) is 5.94. The summed E-state index contributed by atoms with van der Waals surface area (Å²) < 4.78 is 30.5. The number of nitrogens with zero attached hydrogens (tertiary/aromatic N) is 3. The molecule has 0 unspecified atom stereocenters. The Labute approximate surface area is 180 Å². The van der Waals surface area contributed by atoms with Gasteiger partial charge < -0.3 is 10.1 Å². The minimum Gasteiger partial charge on any atom is -0.435 e. The SMILES string of the molecule is O=C(Nc1cnn(Cc2ccccc2Cl)c1)c1cc(-c2ccc(OC(F)F)cc2)n[nH]1. The minimum atomic E-state index is -2.89. The molecule has 0 saturated heterocycles. The summed E-state index contributed by atoms with van der Waals surface area (Å²) in [6, 6.07) is 15.0. The van der Waals surface area contributed by atoms with Gasteiger partial charge in [-0.15, -0.1) is 0 Å². The molecule has 0 spiro atoms. The van der Waals surface area contributed by atoms with Crippen LogP contribution in [0.15, 0.2) is 67.0 Å². The predicted octanol–water partition coefficient (Wildman–Crippen LogP) is 4.83. The molecule has 4 aromatic rings. The highest BCUT2D eigenvalue weighted by molar-refractivity contribution is 6.31. The van der Waals surface area contributed by atoms with E-state index in [0.29, 0.717) is 28.5 Å². The first kappa shape index (κ1) is 20.5. The van der Waals surface area contributed by atoms with Crippen molar-refractivity contribution >= 4 is 23.2 Å². The van der Waals surface area contributed by atoms with Crippen molar-refractivity contribution < 1.29 is 18.3 Å². The lowest BCUT2D eigenvalue weighted by Crippen LogP contribution is -2.11. The summed E-state index contributed by atoms with van der Waals surface area (Å²) in [4.78, 5) is 12.5. The van der Waals surface area contributed by atoms with E-state index in [2.05, 4.69) is 25.3 Å². The average molecular weight is 444 g/mol. The molecule has 4 rings (SSSR count). The fraction of sp³-hybridized carbons (Fsp3) is 0.0952. The molecule has 7 nitrogen and oxygen atoms in total. The van der Waals surface area contributed by atoms with Crippen molar-refractivity contribution in [3.05, 3.63) is 83.3 Å². The number of aromatic nitrogens is 4. The second-order valence-corrected chi connectivity index (χ2v) is 6.95. The molecular weight excluding hydrogens is 428 g/mol. The summed E-state index contributed by atoms with van der Waals surface area (Å²) in [5.41, 5.74) is 2.80. The summed E-state index contributed by atoms with van der Waals surface area (Å²) in [6.07, 6.45) is 3.23. The standard InChI is InChI=1S/C21H16ClF2N5O2/c22-17-4-2-1-3-14(17)11-29-12-15(10-25-29)26-20(30)19-9-18(27-28-19)13-5-7-16(8-6-13)31-21(23)24/h1-10,12,21H,11H2,(H,26,30)(H,27,28). The number of hydrogen-bond donors (Lipinski definition) is 2. The molecule has 2 heterocycles. The van der Waals surface area contributed by atoms with Gasteiger partial charge in [0.1, 0.15) is 11.4 Å². The normalized spacial score (nSPS) is 11.0. The number of carbonyl (C=O) groups is 1. The Balaban J connectivity index is 1.40. The lowest BCUT2D eigenvalue weighted by atomic mass is 10.1. The number of nitrogens with one attached hydrogen (secondary N) is 2. The van der Waals surface area contributed by atoms with Crippen LogP contribution in [0.2, 0.25) is 5.02 Å². The van der Waals surface area contributed by atoms with Gasteiger partial charge in [-0.1, -0.05) is 29.8 Å². The fourth-order valence-electron chi connectivity index (χ4n) is 2.91. The van der Waals surface area contributed by atoms with Crippen LogP contribution >= 0.6 is 11.6 Å². The second kappa shape index (κ2) is 8.97. The molecule has 0 aliphatic heterocycles. The Morgan fingerprint density at radius 1 is 1.19 bits per heavy atom. The Bertz CT molecular complexity index is 1190. The zero-order valence-electron chi connectivity index (χ0n) is 15.9. The van der Waals surface area contributed by atoms with Crippen molar-refractivity contribution in [2.24, 2.45) is 0 Å². The molecule has 158 valence electrons. The van der Waals surface area contributed by atoms with Gasteiger partial charge in [0, 0.05) is 16.8 Å². The molecule has 0 radical (unpaired) electrons. The maximum absolute atomic E-state index is 12.5. The molecule has 31 heavy (non-hydrogen) atoms. The van der Waals surface area contributed by atoms with E-state index in [0.717, 1.165) is 5.56 Å². The van der Waals surface area contributed by atoms with E-state index in [9.17, 15) is 13.6 Å². The van der Waals surface area contributed by atoms with Gasteiger partial charge in [-0.2, -0.15) is 19.0 Å². The number of carbonyl (C=O) groups excluding carboxylic acids is 1. The zero-order valence-corrected chi connectivity index (χ0v) is 16.7. The number of H-pyrrole nitrogens is 1. The van der Waals surface area contributed by atoms with Crippen molar-refractivity contribution in [3.63, 3.8) is 0 Å². The lowest BCUT2D eigenvalue weighted by Gasteiger charge is -2.04. The third-order valence-corrected chi connectivity index (χ3v) is 4.75. The summed E-state index contributed by atoms with van der Waals surface area (Å²) in [6.45, 7) is -2.42. The first-order valence-electron chi connectivity index (χ1n) is 9.16. The topological polar surface area (TPSA) is 84.8 Å². The molecule has 2 aromatic carbocycles. The molecule has 2 N–H and O–H groups in total. The van der Waals surface area contributed by atoms with Crippen molar-refractivity contribution in [3.8, 4) is 17.0 Å². The van der Waals surface area contributed by atoms with E-state index in [1.165, 1.54) is 18.3 Å². The number of hydrogen-bond acceptors (Lipinski definition) is 4. The summed E-state index contributed by atoms with van der Waals surface area (Å²) >= 11 is 6.17. The van der Waals surface area contributed by atoms with Gasteiger partial charge in [-0.25, -0.2) is 0 Å². The molecule has 0 saturated carbocycles. The quantitative estimate of drug-likeness (QED) is 0.428. The Morgan fingerprint density at radius 2 is 1.97 bits per heavy atom. The third kappa shape index (κ3) is 5.07. The predicted molar refractivity (Wildman–Crippen MR) is 111 cm³/mol. The van der Waals surface area contributed by atoms with E-state index in [1.807, 2.05) is 18.2 Å². The van der Waals surface area contributed by atoms with Gasteiger partial charge in [-0.3, -0.25) is 14.6 Å². The van der Waals surface area contributed by atoms with E-state index >= 15 is 0 Å². The average Bonchev–Trinajstić information content (AvgIpc) is 3.40. The summed E-state index contributed by atoms with van der Waals surface area (Å²) in [7, 11) is 0. The maximum atomic E-state index is 12.5. The van der Waals surface area contributed by atoms with Crippen LogP contribution in [-0.2, 0) is 6.54 Å². The summed E-state index contributed by atoms with van der Waals surface area (Å²) in [5.74, 6) is -0.352. The highest BCUT2D eigenvalue weighted by Gasteiger charge is 2.13. The van der Waals surface area contributed by atoms with E-state index in [1.54, 1.807) is 35.1 Å². The van der Waals surface area contributed by atoms with Crippen LogP contribution in [0.4, 0.5) is 14.5 Å². The number of halogens is 3. The van der Waals surface area contributed by atoms with Crippen molar-refractivity contribution in [1.29, 1.82) is 0 Å². The number of aromatic amines is 1. The molecule has 0 fully saturated rings. The molecule has 0 aliphatic rings. The molecule has 10 heteroatoms. The van der Waals surface area contributed by atoms with Gasteiger partial charge in [0.2, 0.25) is 0 Å². The fourth-order valence-corrected chi connectivity index (χ4v) is 3.10. The Hall–Kier alpha value is -3.72.